The first-order chi connectivity index (χ1) is 19.3. The van der Waals surface area contributed by atoms with Crippen molar-refractivity contribution in [3.8, 4) is 5.75 Å². The van der Waals surface area contributed by atoms with Crippen molar-refractivity contribution in [2.24, 2.45) is 34.8 Å². The normalized spacial score (nSPS) is 29.0. The summed E-state index contributed by atoms with van der Waals surface area (Å²) in [5.41, 5.74) is 2.77. The minimum absolute atomic E-state index is 0.0589. The van der Waals surface area contributed by atoms with Crippen molar-refractivity contribution >= 4 is 46.5 Å². The first kappa shape index (κ1) is 31.1. The summed E-state index contributed by atoms with van der Waals surface area (Å²) in [6.45, 7) is 5.69. The van der Waals surface area contributed by atoms with Crippen LogP contribution in [0.5, 0.6) is 5.75 Å². The molecule has 0 saturated heterocycles. The van der Waals surface area contributed by atoms with E-state index in [4.69, 9.17) is 10.5 Å². The molecule has 0 spiro atoms. The van der Waals surface area contributed by atoms with E-state index in [1.165, 1.54) is 25.1 Å². The molecule has 4 rings (SSSR count). The third-order valence-corrected chi connectivity index (χ3v) is 8.39. The molecule has 0 radical (unpaired) electrons. The summed E-state index contributed by atoms with van der Waals surface area (Å²) in [7, 11) is 6.47. The molecule has 6 atom stereocenters. The highest BCUT2D eigenvalue weighted by atomic mass is 16.5. The van der Waals surface area contributed by atoms with Gasteiger partial charge >= 0.3 is 6.09 Å². The second-order valence-electron chi connectivity index (χ2n) is 13.1. The van der Waals surface area contributed by atoms with Crippen LogP contribution in [0.2, 0.25) is 0 Å². The second kappa shape index (κ2) is 10.5. The number of carbonyl (C=O) groups is 6. The van der Waals surface area contributed by atoms with Crippen LogP contribution < -0.4 is 16.0 Å². The molecule has 6 unspecified atom stereocenters. The van der Waals surface area contributed by atoms with Gasteiger partial charge in [0.25, 0.3) is 0 Å². The van der Waals surface area contributed by atoms with Crippen molar-refractivity contribution in [2.45, 2.75) is 45.3 Å². The van der Waals surface area contributed by atoms with Gasteiger partial charge in [-0.05, 0) is 49.9 Å². The van der Waals surface area contributed by atoms with E-state index in [0.717, 1.165) is 0 Å². The minimum Gasteiger partial charge on any atom is -0.505 e. The number of rotatable bonds is 5. The summed E-state index contributed by atoms with van der Waals surface area (Å²) in [6.07, 6.45) is -0.820. The van der Waals surface area contributed by atoms with E-state index in [1.54, 1.807) is 19.0 Å². The quantitative estimate of drug-likeness (QED) is 0.277. The van der Waals surface area contributed by atoms with Crippen molar-refractivity contribution in [3.05, 3.63) is 17.2 Å². The smallest absolute Gasteiger partial charge is 0.411 e. The Hall–Kier alpha value is -3.84. The molecular weight excluding hydrogens is 548 g/mol. The number of phenols is 1. The lowest BCUT2D eigenvalue weighted by Gasteiger charge is -2.52. The lowest BCUT2D eigenvalue weighted by Crippen LogP contribution is -2.74. The highest BCUT2D eigenvalue weighted by molar-refractivity contribution is 6.32. The van der Waals surface area contributed by atoms with Gasteiger partial charge in [-0.3, -0.25) is 34.2 Å². The molecule has 42 heavy (non-hydrogen) atoms. The van der Waals surface area contributed by atoms with Gasteiger partial charge < -0.3 is 25.6 Å². The van der Waals surface area contributed by atoms with Gasteiger partial charge in [-0.1, -0.05) is 20.8 Å². The molecule has 0 heterocycles. The van der Waals surface area contributed by atoms with Crippen molar-refractivity contribution < 1.29 is 43.7 Å². The molecular formula is C29H38N4O9. The Bertz CT molecular complexity index is 1400. The van der Waals surface area contributed by atoms with Gasteiger partial charge in [-0.25, -0.2) is 4.79 Å². The van der Waals surface area contributed by atoms with E-state index in [0.29, 0.717) is 11.3 Å². The van der Waals surface area contributed by atoms with Crippen LogP contribution in [0.3, 0.4) is 0 Å². The van der Waals surface area contributed by atoms with Crippen LogP contribution in [-0.4, -0.2) is 96.7 Å². The first-order valence-electron chi connectivity index (χ1n) is 13.7. The predicted octanol–water partition coefficient (Wildman–Crippen LogP) is 0.528. The highest BCUT2D eigenvalue weighted by Crippen LogP contribution is 2.52. The number of phenolic OH excluding ortho intramolecular Hbond substituents is 1. The van der Waals surface area contributed by atoms with Crippen molar-refractivity contribution in [1.29, 1.82) is 0 Å². The molecule has 0 aromatic heterocycles. The number of nitrogens with two attached hydrogens (primary N) is 1. The summed E-state index contributed by atoms with van der Waals surface area (Å²) < 4.78 is 5.24. The van der Waals surface area contributed by atoms with Crippen LogP contribution in [0.25, 0.3) is 0 Å². The Kier molecular flexibility index (Phi) is 7.75. The highest BCUT2D eigenvalue weighted by Gasteiger charge is 2.69. The van der Waals surface area contributed by atoms with Crippen molar-refractivity contribution in [1.82, 2.24) is 4.90 Å². The number of aliphatic hydroxyl groups is 1. The summed E-state index contributed by atoms with van der Waals surface area (Å²) in [4.78, 5) is 82.5. The largest absolute Gasteiger partial charge is 0.505 e. The maximum atomic E-state index is 14.0. The monoisotopic (exact) mass is 586 g/mol. The zero-order valence-corrected chi connectivity index (χ0v) is 24.8. The Morgan fingerprint density at radius 1 is 1.12 bits per heavy atom. The van der Waals surface area contributed by atoms with Gasteiger partial charge in [0.05, 0.1) is 29.8 Å². The molecule has 3 aliphatic carbocycles. The van der Waals surface area contributed by atoms with Gasteiger partial charge in [-0.15, -0.1) is 0 Å². The summed E-state index contributed by atoms with van der Waals surface area (Å²) in [6, 6.07) is 0.313. The summed E-state index contributed by atoms with van der Waals surface area (Å²) in [5.74, 6) is -11.5. The van der Waals surface area contributed by atoms with Crippen LogP contribution in [0.15, 0.2) is 6.07 Å². The molecule has 5 N–H and O–H groups in total. The number of nitrogens with zero attached hydrogens (tertiary/aromatic N) is 2. The number of primary amides is 1. The van der Waals surface area contributed by atoms with Gasteiger partial charge in [0, 0.05) is 25.7 Å². The van der Waals surface area contributed by atoms with Crippen molar-refractivity contribution in [3.63, 3.8) is 0 Å². The topological polar surface area (TPSA) is 197 Å². The van der Waals surface area contributed by atoms with E-state index < -0.39 is 76.2 Å². The van der Waals surface area contributed by atoms with E-state index in [1.807, 2.05) is 20.8 Å². The fourth-order valence-electron chi connectivity index (χ4n) is 6.57. The standard InChI is InChI=1S/C29H38N4O9/c1-28(2,3)11-42-27(40)31-15-10-16(32(4)5)13-8-12-9-14-20(33(6)7)23(36)19(26(30)39)25(38)29(14,41)24(37)17(12)22(35)18(13)21(15)34/h10,12,14,17,19-20,34,41H,8-9,11H2,1-7H3,(H2,30,39)(H,31,40). The Labute approximate surface area is 243 Å². The van der Waals surface area contributed by atoms with Crippen LogP contribution in [0.4, 0.5) is 16.2 Å². The Morgan fingerprint density at radius 3 is 2.26 bits per heavy atom. The number of ketones is 4. The molecule has 0 bridgehead atoms. The lowest BCUT2D eigenvalue weighted by molar-refractivity contribution is -0.181. The fraction of sp³-hybridized carbons (Fsp3) is 0.586. The maximum Gasteiger partial charge on any atom is 0.411 e. The molecule has 1 aromatic rings. The summed E-state index contributed by atoms with van der Waals surface area (Å²) in [5, 5.41) is 25.4. The maximum absolute atomic E-state index is 14.0. The molecule has 3 aliphatic rings. The third-order valence-electron chi connectivity index (χ3n) is 8.39. The number of benzene rings is 1. The second-order valence-corrected chi connectivity index (χ2v) is 13.1. The number of Topliss-reactive ketones (excluding diaryl/α,β-unsaturated/α-hetero) is 4. The molecule has 0 aliphatic heterocycles. The molecule has 2 saturated carbocycles. The number of hydrogen-bond acceptors (Lipinski definition) is 11. The van der Waals surface area contributed by atoms with Gasteiger partial charge in [-0.2, -0.15) is 0 Å². The number of aromatic hydroxyl groups is 1. The average Bonchev–Trinajstić information content (AvgIpc) is 2.85. The van der Waals surface area contributed by atoms with Gasteiger partial charge in [0.2, 0.25) is 5.91 Å². The number of ether oxygens (including phenoxy) is 1. The number of hydrogen-bond donors (Lipinski definition) is 4. The van der Waals surface area contributed by atoms with E-state index in [-0.39, 0.29) is 36.1 Å². The van der Waals surface area contributed by atoms with Gasteiger partial charge in [0.15, 0.2) is 34.7 Å². The number of nitrogens with one attached hydrogen (secondary N) is 1. The van der Waals surface area contributed by atoms with Gasteiger partial charge in [0.1, 0.15) is 5.75 Å². The van der Waals surface area contributed by atoms with Crippen molar-refractivity contribution in [2.75, 3.05) is 45.0 Å². The first-order valence-corrected chi connectivity index (χ1v) is 13.7. The average molecular weight is 587 g/mol. The Balaban J connectivity index is 1.81. The number of likely N-dealkylation sites (N-methyl/N-ethyl adjacent to an activating group) is 1. The summed E-state index contributed by atoms with van der Waals surface area (Å²) >= 11 is 0. The number of fused-ring (bicyclic) bond motifs is 3. The van der Waals surface area contributed by atoms with Crippen LogP contribution in [-0.2, 0) is 30.3 Å². The number of carbonyl (C=O) groups excluding carboxylic acids is 6. The molecule has 13 nitrogen and oxygen atoms in total. The van der Waals surface area contributed by atoms with E-state index >= 15 is 0 Å². The SMILES string of the molecule is CN(C)c1cc(NC(=O)OCC(C)(C)C)c(O)c2c1CC1CC3C(N(C)C)C(=O)C(C(N)=O)C(=O)C3(O)C(=O)C1C2=O. The Morgan fingerprint density at radius 2 is 1.74 bits per heavy atom. The number of amides is 2. The predicted molar refractivity (Wildman–Crippen MR) is 150 cm³/mol. The molecule has 13 heteroatoms. The minimum atomic E-state index is -2.82. The zero-order chi connectivity index (χ0) is 31.6. The fourth-order valence-corrected chi connectivity index (χ4v) is 6.57. The van der Waals surface area contributed by atoms with Crippen LogP contribution in [0.1, 0.15) is 43.1 Å². The third kappa shape index (κ3) is 4.83. The van der Waals surface area contributed by atoms with Crippen LogP contribution >= 0.6 is 0 Å². The lowest BCUT2D eigenvalue weighted by atomic mass is 9.52. The number of anilines is 2. The van der Waals surface area contributed by atoms with E-state index in [9.17, 15) is 39.0 Å². The van der Waals surface area contributed by atoms with E-state index in [2.05, 4.69) is 5.32 Å². The molecule has 228 valence electrons. The zero-order valence-electron chi connectivity index (χ0n) is 24.8. The molecule has 2 fully saturated rings. The molecule has 2 amide bonds. The van der Waals surface area contributed by atoms with Crippen LogP contribution in [0, 0.1) is 29.1 Å². The molecule has 1 aromatic carbocycles.